The number of likely N-dealkylation sites (tertiary alicyclic amines) is 1. The van der Waals surface area contributed by atoms with E-state index in [0.29, 0.717) is 5.75 Å². The largest absolute Gasteiger partial charge is 0.460 e. The fourth-order valence-corrected chi connectivity index (χ4v) is 3.57. The molecule has 1 aliphatic heterocycles. The van der Waals surface area contributed by atoms with Gasteiger partial charge in [0.2, 0.25) is 6.36 Å². The Kier molecular flexibility index (Phi) is 6.61. The van der Waals surface area contributed by atoms with Crippen molar-refractivity contribution in [1.82, 2.24) is 4.90 Å². The number of nitriles is 1. The van der Waals surface area contributed by atoms with Crippen LogP contribution in [-0.4, -0.2) is 30.9 Å². The Hall–Kier alpha value is -1.86. The lowest BCUT2D eigenvalue weighted by Crippen LogP contribution is -2.42. The van der Waals surface area contributed by atoms with Gasteiger partial charge in [-0.05, 0) is 43.4 Å². The monoisotopic (exact) mass is 344 g/mol. The Balaban J connectivity index is 2.24. The Morgan fingerprint density at radius 3 is 2.64 bits per heavy atom. The Morgan fingerprint density at radius 2 is 2.12 bits per heavy atom. The first-order valence-corrected chi connectivity index (χ1v) is 9.12. The van der Waals surface area contributed by atoms with Crippen LogP contribution in [0.2, 0.25) is 0 Å². The highest BCUT2D eigenvalue weighted by Crippen LogP contribution is 2.37. The van der Waals surface area contributed by atoms with Gasteiger partial charge >= 0.3 is 0 Å². The van der Waals surface area contributed by atoms with Crippen molar-refractivity contribution in [3.05, 3.63) is 41.5 Å². The van der Waals surface area contributed by atoms with Crippen LogP contribution in [0.3, 0.4) is 0 Å². The van der Waals surface area contributed by atoms with Crippen molar-refractivity contribution in [2.45, 2.75) is 58.2 Å². The van der Waals surface area contributed by atoms with Gasteiger partial charge in [0, 0.05) is 26.6 Å². The smallest absolute Gasteiger partial charge is 0.235 e. The van der Waals surface area contributed by atoms with Crippen LogP contribution in [0.5, 0.6) is 5.75 Å². The summed E-state index contributed by atoms with van der Waals surface area (Å²) in [4.78, 5) is 2.35. The summed E-state index contributed by atoms with van der Waals surface area (Å²) in [6.07, 6.45) is 2.05. The number of nitrogens with zero attached hydrogens (tertiary/aromatic N) is 2. The molecule has 25 heavy (non-hydrogen) atoms. The normalized spacial score (nSPS) is 18.4. The third kappa shape index (κ3) is 4.83. The zero-order chi connectivity index (χ0) is 18.4. The van der Waals surface area contributed by atoms with Crippen molar-refractivity contribution in [2.24, 2.45) is 0 Å². The SMILES string of the molecule is C=C(C)CN1CCC(C#N)(c2ccc(OC(C)F)c(CCC)c2)CC1. The molecule has 1 heterocycles. The molecule has 0 aliphatic carbocycles. The summed E-state index contributed by atoms with van der Waals surface area (Å²) >= 11 is 0. The average Bonchev–Trinajstić information content (AvgIpc) is 2.57. The Morgan fingerprint density at radius 1 is 1.44 bits per heavy atom. The van der Waals surface area contributed by atoms with Crippen molar-refractivity contribution in [2.75, 3.05) is 19.6 Å². The third-order valence-corrected chi connectivity index (χ3v) is 4.84. The Bertz CT molecular complexity index is 640. The molecule has 136 valence electrons. The van der Waals surface area contributed by atoms with E-state index in [0.717, 1.165) is 62.0 Å². The van der Waals surface area contributed by atoms with Gasteiger partial charge in [0.15, 0.2) is 0 Å². The molecule has 4 heteroatoms. The van der Waals surface area contributed by atoms with Gasteiger partial charge in [-0.3, -0.25) is 4.90 Å². The third-order valence-electron chi connectivity index (χ3n) is 4.84. The molecule has 1 fully saturated rings. The summed E-state index contributed by atoms with van der Waals surface area (Å²) in [6.45, 7) is 12.2. The molecule has 1 aromatic rings. The zero-order valence-electron chi connectivity index (χ0n) is 15.6. The van der Waals surface area contributed by atoms with Crippen LogP contribution >= 0.6 is 0 Å². The van der Waals surface area contributed by atoms with Gasteiger partial charge in [-0.15, -0.1) is 0 Å². The number of ether oxygens (including phenoxy) is 1. The van der Waals surface area contributed by atoms with E-state index in [-0.39, 0.29) is 0 Å². The van der Waals surface area contributed by atoms with E-state index in [2.05, 4.69) is 30.5 Å². The highest BCUT2D eigenvalue weighted by molar-refractivity contribution is 5.43. The highest BCUT2D eigenvalue weighted by atomic mass is 19.1. The van der Waals surface area contributed by atoms with E-state index < -0.39 is 11.8 Å². The minimum absolute atomic E-state index is 0.464. The fraction of sp³-hybridized carbons (Fsp3) is 0.571. The summed E-state index contributed by atoms with van der Waals surface area (Å²) in [5.74, 6) is 0.591. The van der Waals surface area contributed by atoms with Crippen LogP contribution in [0.25, 0.3) is 0 Å². The second-order valence-electron chi connectivity index (χ2n) is 7.16. The topological polar surface area (TPSA) is 36.3 Å². The Labute approximate surface area is 151 Å². The van der Waals surface area contributed by atoms with Crippen molar-refractivity contribution < 1.29 is 9.13 Å². The van der Waals surface area contributed by atoms with E-state index >= 15 is 0 Å². The zero-order valence-corrected chi connectivity index (χ0v) is 15.6. The second-order valence-corrected chi connectivity index (χ2v) is 7.16. The van der Waals surface area contributed by atoms with Crippen LogP contribution in [0.4, 0.5) is 4.39 Å². The maximum absolute atomic E-state index is 13.3. The summed E-state index contributed by atoms with van der Waals surface area (Å²) in [5, 5.41) is 9.92. The van der Waals surface area contributed by atoms with Crippen LogP contribution in [-0.2, 0) is 11.8 Å². The van der Waals surface area contributed by atoms with Crippen molar-refractivity contribution in [1.29, 1.82) is 5.26 Å². The summed E-state index contributed by atoms with van der Waals surface area (Å²) in [5.41, 5.74) is 2.71. The maximum Gasteiger partial charge on any atom is 0.235 e. The van der Waals surface area contributed by atoms with Gasteiger partial charge in [-0.25, -0.2) is 4.39 Å². The van der Waals surface area contributed by atoms with E-state index in [1.807, 2.05) is 19.1 Å². The molecule has 0 N–H and O–H groups in total. The number of aryl methyl sites for hydroxylation is 1. The molecule has 0 radical (unpaired) electrons. The van der Waals surface area contributed by atoms with Crippen molar-refractivity contribution >= 4 is 0 Å². The first-order chi connectivity index (χ1) is 11.9. The first kappa shape index (κ1) is 19.5. The van der Waals surface area contributed by atoms with E-state index in [9.17, 15) is 9.65 Å². The molecule has 0 spiro atoms. The molecule has 1 unspecified atom stereocenters. The van der Waals surface area contributed by atoms with Crippen LogP contribution < -0.4 is 4.74 Å². The number of piperidine rings is 1. The van der Waals surface area contributed by atoms with Gasteiger partial charge in [-0.1, -0.05) is 37.6 Å². The number of rotatable bonds is 7. The molecule has 0 bridgehead atoms. The molecule has 3 nitrogen and oxygen atoms in total. The average molecular weight is 344 g/mol. The number of alkyl halides is 1. The van der Waals surface area contributed by atoms with Gasteiger partial charge in [0.05, 0.1) is 11.5 Å². The standard InChI is InChI=1S/C21H29FN2O/c1-5-6-18-13-19(7-8-20(18)25-17(4)22)21(15-23)9-11-24(12-10-21)14-16(2)3/h7-8,13,17H,2,5-6,9-12,14H2,1,3-4H3. The minimum atomic E-state index is -1.34. The lowest BCUT2D eigenvalue weighted by molar-refractivity contribution is 0.0848. The maximum atomic E-state index is 13.3. The lowest BCUT2D eigenvalue weighted by Gasteiger charge is -2.38. The minimum Gasteiger partial charge on any atom is -0.460 e. The van der Waals surface area contributed by atoms with Gasteiger partial charge < -0.3 is 4.74 Å². The van der Waals surface area contributed by atoms with Crippen molar-refractivity contribution in [3.63, 3.8) is 0 Å². The number of halogens is 1. The number of hydrogen-bond acceptors (Lipinski definition) is 3. The number of benzene rings is 1. The molecule has 0 aromatic heterocycles. The molecule has 0 amide bonds. The summed E-state index contributed by atoms with van der Waals surface area (Å²) in [6, 6.07) is 8.40. The molecular weight excluding hydrogens is 315 g/mol. The fourth-order valence-electron chi connectivity index (χ4n) is 3.57. The van der Waals surface area contributed by atoms with E-state index in [1.165, 1.54) is 6.92 Å². The van der Waals surface area contributed by atoms with Gasteiger partial charge in [0.25, 0.3) is 0 Å². The van der Waals surface area contributed by atoms with Crippen molar-refractivity contribution in [3.8, 4) is 11.8 Å². The molecule has 1 saturated heterocycles. The molecule has 2 rings (SSSR count). The van der Waals surface area contributed by atoms with Gasteiger partial charge in [-0.2, -0.15) is 5.26 Å². The summed E-state index contributed by atoms with van der Waals surface area (Å²) < 4.78 is 18.6. The lowest BCUT2D eigenvalue weighted by atomic mass is 9.73. The van der Waals surface area contributed by atoms with E-state index in [4.69, 9.17) is 4.74 Å². The quantitative estimate of drug-likeness (QED) is 0.669. The molecule has 1 aromatic carbocycles. The van der Waals surface area contributed by atoms with E-state index in [1.54, 1.807) is 0 Å². The molecule has 1 aliphatic rings. The predicted molar refractivity (Wildman–Crippen MR) is 99.4 cm³/mol. The summed E-state index contributed by atoms with van der Waals surface area (Å²) in [7, 11) is 0. The van der Waals surface area contributed by atoms with Crippen LogP contribution in [0.1, 0.15) is 51.2 Å². The van der Waals surface area contributed by atoms with Crippen LogP contribution in [0, 0.1) is 11.3 Å². The first-order valence-electron chi connectivity index (χ1n) is 9.12. The molecular formula is C21H29FN2O. The predicted octanol–water partition coefficient (Wildman–Crippen LogP) is 4.77. The highest BCUT2D eigenvalue weighted by Gasteiger charge is 2.36. The van der Waals surface area contributed by atoms with Gasteiger partial charge in [0.1, 0.15) is 5.75 Å². The molecule has 0 saturated carbocycles. The number of hydrogen-bond donors (Lipinski definition) is 0. The van der Waals surface area contributed by atoms with Crippen LogP contribution in [0.15, 0.2) is 30.4 Å². The molecule has 1 atom stereocenters. The second kappa shape index (κ2) is 8.49.